The number of benzene rings is 3. The van der Waals surface area contributed by atoms with Gasteiger partial charge in [0.05, 0.1) is 4.90 Å². The summed E-state index contributed by atoms with van der Waals surface area (Å²) >= 11 is 0. The highest BCUT2D eigenvalue weighted by atomic mass is 32.2. The van der Waals surface area contributed by atoms with Crippen molar-refractivity contribution in [2.45, 2.75) is 11.8 Å². The molecule has 4 nitrogen and oxygen atoms in total. The van der Waals surface area contributed by atoms with Crippen LogP contribution in [0.1, 0.15) is 15.9 Å². The van der Waals surface area contributed by atoms with Crippen LogP contribution in [0.4, 0.5) is 5.69 Å². The summed E-state index contributed by atoms with van der Waals surface area (Å²) in [6.45, 7) is 1.82. The number of rotatable bonds is 4. The second kappa shape index (κ2) is 7.14. The van der Waals surface area contributed by atoms with Crippen molar-refractivity contribution in [1.29, 1.82) is 0 Å². The van der Waals surface area contributed by atoms with E-state index in [0.717, 1.165) is 22.9 Å². The first-order valence-electron chi connectivity index (χ1n) is 8.13. The van der Waals surface area contributed by atoms with Crippen LogP contribution in [0.3, 0.4) is 0 Å². The smallest absolute Gasteiger partial charge is 0.256 e. The summed E-state index contributed by atoms with van der Waals surface area (Å²) in [5.74, 6) is -0.279. The zero-order chi connectivity index (χ0) is 18.7. The van der Waals surface area contributed by atoms with Crippen LogP contribution in [0, 0.1) is 6.92 Å². The van der Waals surface area contributed by atoms with Crippen LogP contribution in [0.15, 0.2) is 77.7 Å². The maximum atomic E-state index is 12.9. The van der Waals surface area contributed by atoms with E-state index in [9.17, 15) is 13.2 Å². The molecule has 0 spiro atoms. The standard InChI is InChI=1S/C21H19NO3S/c1-15-12-13-17(26(2,24)25)14-20(15)22-21(23)19-11-7-6-10-18(19)16-8-4-3-5-9-16/h3-14H,1-2H3,(H,22,23). The number of anilines is 1. The molecule has 0 heterocycles. The van der Waals surface area contributed by atoms with Gasteiger partial charge in [0.2, 0.25) is 0 Å². The normalized spacial score (nSPS) is 11.2. The molecule has 26 heavy (non-hydrogen) atoms. The maximum Gasteiger partial charge on any atom is 0.256 e. The van der Waals surface area contributed by atoms with Crippen LogP contribution in [0.25, 0.3) is 11.1 Å². The molecular formula is C21H19NO3S. The number of nitrogens with one attached hydrogen (secondary N) is 1. The van der Waals surface area contributed by atoms with Crippen molar-refractivity contribution in [2.24, 2.45) is 0 Å². The van der Waals surface area contributed by atoms with E-state index >= 15 is 0 Å². The molecule has 0 atom stereocenters. The molecule has 0 bridgehead atoms. The Morgan fingerprint density at radius 2 is 1.54 bits per heavy atom. The van der Waals surface area contributed by atoms with Crippen LogP contribution >= 0.6 is 0 Å². The van der Waals surface area contributed by atoms with Gasteiger partial charge in [0, 0.05) is 17.5 Å². The summed E-state index contributed by atoms with van der Waals surface area (Å²) < 4.78 is 23.6. The molecule has 0 fully saturated rings. The molecule has 0 radical (unpaired) electrons. The Kier molecular flexibility index (Phi) is 4.91. The predicted molar refractivity (Wildman–Crippen MR) is 104 cm³/mol. The molecule has 3 aromatic carbocycles. The monoisotopic (exact) mass is 365 g/mol. The summed E-state index contributed by atoms with van der Waals surface area (Å²) in [7, 11) is -3.34. The minimum atomic E-state index is -3.34. The fourth-order valence-electron chi connectivity index (χ4n) is 2.71. The van der Waals surface area contributed by atoms with Crippen molar-refractivity contribution in [2.75, 3.05) is 11.6 Å². The first kappa shape index (κ1) is 17.9. The van der Waals surface area contributed by atoms with E-state index in [1.54, 1.807) is 18.2 Å². The van der Waals surface area contributed by atoms with E-state index < -0.39 is 9.84 Å². The Hall–Kier alpha value is -2.92. The quantitative estimate of drug-likeness (QED) is 0.749. The number of amides is 1. The van der Waals surface area contributed by atoms with Gasteiger partial charge >= 0.3 is 0 Å². The Morgan fingerprint density at radius 3 is 2.23 bits per heavy atom. The number of aryl methyl sites for hydroxylation is 1. The number of hydrogen-bond acceptors (Lipinski definition) is 3. The number of hydrogen-bond donors (Lipinski definition) is 1. The van der Waals surface area contributed by atoms with Gasteiger partial charge in [-0.25, -0.2) is 8.42 Å². The molecule has 132 valence electrons. The highest BCUT2D eigenvalue weighted by Gasteiger charge is 2.15. The highest BCUT2D eigenvalue weighted by Crippen LogP contribution is 2.26. The number of sulfone groups is 1. The average Bonchev–Trinajstić information content (AvgIpc) is 2.63. The van der Waals surface area contributed by atoms with E-state index in [2.05, 4.69) is 5.32 Å². The molecule has 5 heteroatoms. The second-order valence-electron chi connectivity index (χ2n) is 6.11. The molecule has 0 saturated heterocycles. The molecule has 3 aromatic rings. The number of carbonyl (C=O) groups excluding carboxylic acids is 1. The van der Waals surface area contributed by atoms with Gasteiger partial charge in [0.15, 0.2) is 9.84 Å². The van der Waals surface area contributed by atoms with Crippen molar-refractivity contribution < 1.29 is 13.2 Å². The van der Waals surface area contributed by atoms with Gasteiger partial charge < -0.3 is 5.32 Å². The van der Waals surface area contributed by atoms with Gasteiger partial charge in [0.25, 0.3) is 5.91 Å². The molecule has 0 unspecified atom stereocenters. The lowest BCUT2D eigenvalue weighted by Gasteiger charge is -2.13. The van der Waals surface area contributed by atoms with Gasteiger partial charge in [-0.15, -0.1) is 0 Å². The molecule has 1 N–H and O–H groups in total. The first-order chi connectivity index (χ1) is 12.4. The van der Waals surface area contributed by atoms with Crippen LogP contribution < -0.4 is 5.32 Å². The molecule has 1 amide bonds. The molecule has 3 rings (SSSR count). The van der Waals surface area contributed by atoms with Gasteiger partial charge in [-0.05, 0) is 41.8 Å². The third-order valence-electron chi connectivity index (χ3n) is 4.14. The van der Waals surface area contributed by atoms with Gasteiger partial charge in [-0.2, -0.15) is 0 Å². The average molecular weight is 365 g/mol. The van der Waals surface area contributed by atoms with Crippen molar-refractivity contribution in [3.8, 4) is 11.1 Å². The first-order valence-corrected chi connectivity index (χ1v) is 10.0. The molecule has 0 aromatic heterocycles. The highest BCUT2D eigenvalue weighted by molar-refractivity contribution is 7.90. The van der Waals surface area contributed by atoms with E-state index in [-0.39, 0.29) is 10.8 Å². The Morgan fingerprint density at radius 1 is 0.885 bits per heavy atom. The van der Waals surface area contributed by atoms with Crippen molar-refractivity contribution in [3.05, 3.63) is 83.9 Å². The van der Waals surface area contributed by atoms with Crippen molar-refractivity contribution in [1.82, 2.24) is 0 Å². The molecular weight excluding hydrogens is 346 g/mol. The van der Waals surface area contributed by atoms with E-state index in [4.69, 9.17) is 0 Å². The zero-order valence-electron chi connectivity index (χ0n) is 14.6. The predicted octanol–water partition coefficient (Wildman–Crippen LogP) is 4.32. The lowest BCUT2D eigenvalue weighted by molar-refractivity contribution is 0.102. The van der Waals surface area contributed by atoms with Gasteiger partial charge in [-0.1, -0.05) is 54.6 Å². The van der Waals surface area contributed by atoms with Crippen molar-refractivity contribution in [3.63, 3.8) is 0 Å². The van der Waals surface area contributed by atoms with Crippen molar-refractivity contribution >= 4 is 21.4 Å². The molecule has 0 saturated carbocycles. The Labute approximate surface area is 153 Å². The summed E-state index contributed by atoms with van der Waals surface area (Å²) in [4.78, 5) is 13.0. The molecule has 0 aliphatic rings. The van der Waals surface area contributed by atoms with E-state index in [1.807, 2.05) is 49.4 Å². The third kappa shape index (κ3) is 3.83. The lowest BCUT2D eigenvalue weighted by atomic mass is 9.99. The maximum absolute atomic E-state index is 12.9. The van der Waals surface area contributed by atoms with E-state index in [1.165, 1.54) is 12.1 Å². The fraction of sp³-hybridized carbons (Fsp3) is 0.0952. The Balaban J connectivity index is 1.98. The van der Waals surface area contributed by atoms with Gasteiger partial charge in [-0.3, -0.25) is 4.79 Å². The molecule has 0 aliphatic heterocycles. The third-order valence-corrected chi connectivity index (χ3v) is 5.25. The van der Waals surface area contributed by atoms with E-state index in [0.29, 0.717) is 11.3 Å². The summed E-state index contributed by atoms with van der Waals surface area (Å²) in [6.07, 6.45) is 1.15. The minimum Gasteiger partial charge on any atom is -0.322 e. The SMILES string of the molecule is Cc1ccc(S(C)(=O)=O)cc1NC(=O)c1ccccc1-c1ccccc1. The largest absolute Gasteiger partial charge is 0.322 e. The minimum absolute atomic E-state index is 0.176. The van der Waals surface area contributed by atoms with Gasteiger partial charge in [0.1, 0.15) is 0 Å². The molecule has 0 aliphatic carbocycles. The summed E-state index contributed by atoms with van der Waals surface area (Å²) in [5, 5.41) is 2.85. The lowest BCUT2D eigenvalue weighted by Crippen LogP contribution is -2.14. The van der Waals surface area contributed by atoms with Crippen LogP contribution in [-0.2, 0) is 9.84 Å². The summed E-state index contributed by atoms with van der Waals surface area (Å²) in [6, 6.07) is 21.7. The fourth-order valence-corrected chi connectivity index (χ4v) is 3.35. The van der Waals surface area contributed by atoms with Crippen LogP contribution in [0.5, 0.6) is 0 Å². The zero-order valence-corrected chi connectivity index (χ0v) is 15.4. The number of carbonyl (C=O) groups is 1. The summed E-state index contributed by atoms with van der Waals surface area (Å²) in [5.41, 5.74) is 3.58. The topological polar surface area (TPSA) is 63.2 Å². The van der Waals surface area contributed by atoms with Crippen LogP contribution in [-0.4, -0.2) is 20.6 Å². The Bertz CT molecular complexity index is 1060. The second-order valence-corrected chi connectivity index (χ2v) is 8.13. The van der Waals surface area contributed by atoms with Crippen LogP contribution in [0.2, 0.25) is 0 Å².